The number of hydrogen-bond donors (Lipinski definition) is 0. The van der Waals surface area contributed by atoms with E-state index in [0.29, 0.717) is 11.4 Å². The van der Waals surface area contributed by atoms with Gasteiger partial charge in [0.1, 0.15) is 28.0 Å². The highest BCUT2D eigenvalue weighted by Gasteiger charge is 2.21. The van der Waals surface area contributed by atoms with Gasteiger partial charge in [-0.2, -0.15) is 0 Å². The molecule has 5 heteroatoms. The minimum absolute atomic E-state index is 0.643. The molecule has 0 bridgehead atoms. The number of rotatable bonds is 5. The number of benzene rings is 8. The molecule has 4 heterocycles. The molecular weight excluding hydrogens is 699 g/mol. The Balaban J connectivity index is 0.993. The molecule has 12 rings (SSSR count). The second kappa shape index (κ2) is 12.4. The van der Waals surface area contributed by atoms with Crippen molar-refractivity contribution < 1.29 is 8.83 Å². The van der Waals surface area contributed by atoms with Crippen molar-refractivity contribution in [3.05, 3.63) is 188 Å². The van der Waals surface area contributed by atoms with Crippen LogP contribution in [0.3, 0.4) is 0 Å². The van der Waals surface area contributed by atoms with Gasteiger partial charge in [-0.05, 0) is 89.0 Å². The molecule has 0 radical (unpaired) electrons. The lowest BCUT2D eigenvalue weighted by Gasteiger charge is -2.08. The van der Waals surface area contributed by atoms with Gasteiger partial charge in [0.25, 0.3) is 0 Å². The van der Waals surface area contributed by atoms with Gasteiger partial charge in [0, 0.05) is 43.7 Å². The van der Waals surface area contributed by atoms with Crippen LogP contribution in [0.25, 0.3) is 116 Å². The lowest BCUT2D eigenvalue weighted by Crippen LogP contribution is -1.93. The van der Waals surface area contributed by atoms with E-state index in [-0.39, 0.29) is 0 Å². The Hall–Kier alpha value is -7.76. The Kier molecular flexibility index (Phi) is 6.86. The molecule has 0 atom stereocenters. The van der Waals surface area contributed by atoms with Gasteiger partial charge < -0.3 is 13.4 Å². The largest absolute Gasteiger partial charge is 0.456 e. The van der Waals surface area contributed by atoms with Crippen molar-refractivity contribution in [1.29, 1.82) is 0 Å². The summed E-state index contributed by atoms with van der Waals surface area (Å²) in [5, 5.41) is 5.52. The van der Waals surface area contributed by atoms with E-state index in [1.165, 1.54) is 21.8 Å². The Labute approximate surface area is 326 Å². The number of para-hydroxylation sites is 2. The number of fused-ring (bicyclic) bond motifs is 9. The molecule has 0 saturated carbocycles. The van der Waals surface area contributed by atoms with Gasteiger partial charge in [0.2, 0.25) is 0 Å². The van der Waals surface area contributed by atoms with E-state index in [0.717, 1.165) is 83.2 Å². The van der Waals surface area contributed by atoms with Gasteiger partial charge >= 0.3 is 0 Å². The van der Waals surface area contributed by atoms with Gasteiger partial charge in [-0.15, -0.1) is 0 Å². The Morgan fingerprint density at radius 2 is 0.947 bits per heavy atom. The molecule has 0 N–H and O–H groups in total. The average Bonchev–Trinajstić information content (AvgIpc) is 3.95. The van der Waals surface area contributed by atoms with E-state index in [9.17, 15) is 0 Å². The molecule has 0 aliphatic carbocycles. The predicted molar refractivity (Wildman–Crippen MR) is 233 cm³/mol. The Morgan fingerprint density at radius 1 is 0.351 bits per heavy atom. The van der Waals surface area contributed by atoms with E-state index in [2.05, 4.69) is 150 Å². The quantitative estimate of drug-likeness (QED) is 0.177. The predicted octanol–water partition coefficient (Wildman–Crippen LogP) is 14.0. The van der Waals surface area contributed by atoms with Gasteiger partial charge in [-0.3, -0.25) is 0 Å². The van der Waals surface area contributed by atoms with Crippen LogP contribution in [0, 0.1) is 0 Å². The van der Waals surface area contributed by atoms with Crippen molar-refractivity contribution in [1.82, 2.24) is 14.5 Å². The summed E-state index contributed by atoms with van der Waals surface area (Å²) in [5.74, 6) is 0.643. The molecule has 12 aromatic rings. The third-order valence-electron chi connectivity index (χ3n) is 11.2. The lowest BCUT2D eigenvalue weighted by molar-refractivity contribution is 0.666. The van der Waals surface area contributed by atoms with Crippen molar-refractivity contribution in [3.8, 4) is 50.6 Å². The third kappa shape index (κ3) is 5.03. The molecule has 0 fully saturated rings. The zero-order valence-corrected chi connectivity index (χ0v) is 30.6. The highest BCUT2D eigenvalue weighted by Crippen LogP contribution is 2.41. The topological polar surface area (TPSA) is 57.0 Å². The summed E-state index contributed by atoms with van der Waals surface area (Å²) in [5.41, 5.74) is 14.5. The molecule has 0 unspecified atom stereocenters. The molecular formula is C52H31N3O2. The zero-order valence-electron chi connectivity index (χ0n) is 30.6. The maximum atomic E-state index is 6.58. The van der Waals surface area contributed by atoms with Crippen molar-refractivity contribution in [2.45, 2.75) is 0 Å². The van der Waals surface area contributed by atoms with E-state index in [1.807, 2.05) is 42.5 Å². The second-order valence-corrected chi connectivity index (χ2v) is 14.6. The van der Waals surface area contributed by atoms with Crippen LogP contribution in [0.5, 0.6) is 0 Å². The van der Waals surface area contributed by atoms with Crippen molar-refractivity contribution in [2.24, 2.45) is 0 Å². The summed E-state index contributed by atoms with van der Waals surface area (Å²) in [6, 6.07) is 65.6. The SMILES string of the molecule is c1ccc(-c2ccc3oc4c(-c5ccc6c(c5)oc5ccc(-c7ccc8c(c7)c7ccccc7n8-c7ccccc7)cc56)nc(-c5ccccc5)nc4c3c2)cc1. The normalized spacial score (nSPS) is 11.9. The minimum Gasteiger partial charge on any atom is -0.456 e. The highest BCUT2D eigenvalue weighted by atomic mass is 16.3. The maximum Gasteiger partial charge on any atom is 0.180 e. The maximum absolute atomic E-state index is 6.58. The molecule has 0 saturated heterocycles. The van der Waals surface area contributed by atoms with Crippen LogP contribution in [0.15, 0.2) is 197 Å². The smallest absolute Gasteiger partial charge is 0.180 e. The highest BCUT2D eigenvalue weighted by molar-refractivity contribution is 6.12. The molecule has 266 valence electrons. The fourth-order valence-electron chi connectivity index (χ4n) is 8.48. The number of hydrogen-bond acceptors (Lipinski definition) is 4. The van der Waals surface area contributed by atoms with Crippen LogP contribution < -0.4 is 0 Å². The number of furan rings is 2. The fourth-order valence-corrected chi connectivity index (χ4v) is 8.48. The molecule has 57 heavy (non-hydrogen) atoms. The first kappa shape index (κ1) is 31.6. The molecule has 5 nitrogen and oxygen atoms in total. The zero-order chi connectivity index (χ0) is 37.5. The first-order valence-electron chi connectivity index (χ1n) is 19.1. The number of aromatic nitrogens is 3. The van der Waals surface area contributed by atoms with E-state index >= 15 is 0 Å². The summed E-state index contributed by atoms with van der Waals surface area (Å²) in [7, 11) is 0. The summed E-state index contributed by atoms with van der Waals surface area (Å²) < 4.78 is 15.5. The van der Waals surface area contributed by atoms with Crippen LogP contribution in [0.1, 0.15) is 0 Å². The van der Waals surface area contributed by atoms with Crippen LogP contribution in [-0.2, 0) is 0 Å². The molecule has 0 spiro atoms. The molecule has 8 aromatic carbocycles. The monoisotopic (exact) mass is 729 g/mol. The van der Waals surface area contributed by atoms with Crippen LogP contribution in [0.2, 0.25) is 0 Å². The molecule has 0 aliphatic rings. The lowest BCUT2D eigenvalue weighted by atomic mass is 10.00. The molecule has 4 aromatic heterocycles. The summed E-state index contributed by atoms with van der Waals surface area (Å²) in [6.07, 6.45) is 0. The minimum atomic E-state index is 0.643. The van der Waals surface area contributed by atoms with Crippen LogP contribution in [0.4, 0.5) is 0 Å². The van der Waals surface area contributed by atoms with Crippen molar-refractivity contribution in [3.63, 3.8) is 0 Å². The summed E-state index contributed by atoms with van der Waals surface area (Å²) in [4.78, 5) is 10.3. The van der Waals surface area contributed by atoms with Crippen LogP contribution in [-0.4, -0.2) is 14.5 Å². The van der Waals surface area contributed by atoms with Gasteiger partial charge in [-0.1, -0.05) is 121 Å². The second-order valence-electron chi connectivity index (χ2n) is 14.6. The average molecular weight is 730 g/mol. The Bertz CT molecular complexity index is 3510. The van der Waals surface area contributed by atoms with Gasteiger partial charge in [-0.25, -0.2) is 9.97 Å². The number of nitrogens with zero attached hydrogens (tertiary/aromatic N) is 3. The van der Waals surface area contributed by atoms with Crippen molar-refractivity contribution >= 4 is 65.8 Å². The molecule has 0 aliphatic heterocycles. The third-order valence-corrected chi connectivity index (χ3v) is 11.2. The Morgan fingerprint density at radius 3 is 1.74 bits per heavy atom. The molecule has 0 amide bonds. The van der Waals surface area contributed by atoms with E-state index in [1.54, 1.807) is 0 Å². The van der Waals surface area contributed by atoms with E-state index in [4.69, 9.17) is 18.8 Å². The van der Waals surface area contributed by atoms with Crippen molar-refractivity contribution in [2.75, 3.05) is 0 Å². The first-order chi connectivity index (χ1) is 28.2. The van der Waals surface area contributed by atoms with Gasteiger partial charge in [0.15, 0.2) is 11.4 Å². The van der Waals surface area contributed by atoms with E-state index < -0.39 is 0 Å². The van der Waals surface area contributed by atoms with Gasteiger partial charge in [0.05, 0.1) is 11.0 Å². The first-order valence-corrected chi connectivity index (χ1v) is 19.1. The standard InChI is InChI=1S/C52H31N3O2/c1-4-12-32(13-5-1)34-22-27-47-43(30-34)50-51(57-47)49(53-52(54-50)33-14-6-2-7-15-33)37-20-24-40-42-29-36(23-26-46(42)56-48(40)31-37)35-21-25-45-41(28-35)39-18-10-11-19-44(39)55(45)38-16-8-3-9-17-38/h1-31H. The summed E-state index contributed by atoms with van der Waals surface area (Å²) >= 11 is 0. The fraction of sp³-hybridized carbons (Fsp3) is 0. The summed E-state index contributed by atoms with van der Waals surface area (Å²) in [6.45, 7) is 0. The van der Waals surface area contributed by atoms with Crippen LogP contribution >= 0.6 is 0 Å².